The Bertz CT molecular complexity index is 331. The maximum atomic E-state index is 10.9. The molecule has 1 aromatic carbocycles. The summed E-state index contributed by atoms with van der Waals surface area (Å²) in [6, 6.07) is 5.71. The summed E-state index contributed by atoms with van der Waals surface area (Å²) in [6.07, 6.45) is -1.63. The number of hydrogen-bond donors (Lipinski definition) is 1. The van der Waals surface area contributed by atoms with Gasteiger partial charge in [0.25, 0.3) is 0 Å². The normalized spacial score (nSPS) is 9.31. The first-order valence-corrected chi connectivity index (χ1v) is 3.68. The van der Waals surface area contributed by atoms with E-state index in [0.29, 0.717) is 5.02 Å². The average Bonchev–Trinajstić information content (AvgIpc) is 2.04. The quantitative estimate of drug-likeness (QED) is 0.558. The topological polar surface area (TPSA) is 63.6 Å². The zero-order chi connectivity index (χ0) is 9.84. The zero-order valence-electron chi connectivity index (χ0n) is 6.36. The Morgan fingerprint density at radius 1 is 1.23 bits per heavy atom. The molecule has 5 heteroatoms. The minimum absolute atomic E-state index is 0.145. The first kappa shape index (κ1) is 9.54. The number of halogens is 1. The number of esters is 1. The van der Waals surface area contributed by atoms with Gasteiger partial charge in [0.05, 0.1) is 5.56 Å². The van der Waals surface area contributed by atoms with Crippen molar-refractivity contribution < 1.29 is 19.4 Å². The monoisotopic (exact) mass is 200 g/mol. The molecule has 0 saturated carbocycles. The minimum Gasteiger partial charge on any atom is -0.449 e. The van der Waals surface area contributed by atoms with Crippen molar-refractivity contribution >= 4 is 23.7 Å². The predicted octanol–water partition coefficient (Wildman–Crippen LogP) is 2.17. The van der Waals surface area contributed by atoms with E-state index in [2.05, 4.69) is 4.74 Å². The van der Waals surface area contributed by atoms with Crippen LogP contribution in [-0.2, 0) is 4.74 Å². The molecular formula is C8H5ClO4. The summed E-state index contributed by atoms with van der Waals surface area (Å²) in [5.74, 6) is -0.913. The van der Waals surface area contributed by atoms with Crippen molar-refractivity contribution in [2.24, 2.45) is 0 Å². The standard InChI is InChI=1S/C8H5ClO4/c9-6-3-1-5(2-4-6)7(10)13-8(11)12/h1-4H,(H,11,12). The van der Waals surface area contributed by atoms with E-state index in [1.54, 1.807) is 0 Å². The number of carbonyl (C=O) groups excluding carboxylic acids is 1. The molecule has 13 heavy (non-hydrogen) atoms. The van der Waals surface area contributed by atoms with Crippen LogP contribution in [0.1, 0.15) is 10.4 Å². The van der Waals surface area contributed by atoms with Crippen LogP contribution in [0.25, 0.3) is 0 Å². The van der Waals surface area contributed by atoms with E-state index in [4.69, 9.17) is 16.7 Å². The molecule has 0 atom stereocenters. The van der Waals surface area contributed by atoms with Crippen LogP contribution in [-0.4, -0.2) is 17.2 Å². The molecule has 0 bridgehead atoms. The van der Waals surface area contributed by atoms with Crippen molar-refractivity contribution in [3.8, 4) is 0 Å². The van der Waals surface area contributed by atoms with Crippen LogP contribution in [0.3, 0.4) is 0 Å². The summed E-state index contributed by atoms with van der Waals surface area (Å²) in [5.41, 5.74) is 0.145. The van der Waals surface area contributed by atoms with Crippen LogP contribution >= 0.6 is 11.6 Å². The van der Waals surface area contributed by atoms with E-state index in [-0.39, 0.29) is 5.56 Å². The fourth-order valence-corrected chi connectivity index (χ4v) is 0.850. The highest BCUT2D eigenvalue weighted by Gasteiger charge is 2.10. The molecule has 4 nitrogen and oxygen atoms in total. The van der Waals surface area contributed by atoms with Gasteiger partial charge in [-0.3, -0.25) is 0 Å². The second kappa shape index (κ2) is 3.91. The van der Waals surface area contributed by atoms with E-state index in [1.807, 2.05) is 0 Å². The number of hydrogen-bond acceptors (Lipinski definition) is 3. The molecule has 0 aromatic heterocycles. The molecule has 68 valence electrons. The van der Waals surface area contributed by atoms with Gasteiger partial charge in [-0.15, -0.1) is 0 Å². The van der Waals surface area contributed by atoms with E-state index in [1.165, 1.54) is 24.3 Å². The van der Waals surface area contributed by atoms with Gasteiger partial charge in [0, 0.05) is 5.02 Å². The highest BCUT2D eigenvalue weighted by Crippen LogP contribution is 2.10. The summed E-state index contributed by atoms with van der Waals surface area (Å²) in [5, 5.41) is 8.60. The summed E-state index contributed by atoms with van der Waals surface area (Å²) in [4.78, 5) is 20.9. The van der Waals surface area contributed by atoms with E-state index in [9.17, 15) is 9.59 Å². The Hall–Kier alpha value is -1.55. The van der Waals surface area contributed by atoms with E-state index >= 15 is 0 Å². The van der Waals surface area contributed by atoms with Crippen molar-refractivity contribution in [1.82, 2.24) is 0 Å². The van der Waals surface area contributed by atoms with Gasteiger partial charge in [0.15, 0.2) is 0 Å². The molecule has 1 rings (SSSR count). The van der Waals surface area contributed by atoms with Crippen molar-refractivity contribution in [2.45, 2.75) is 0 Å². The lowest BCUT2D eigenvalue weighted by atomic mass is 10.2. The molecule has 0 unspecified atom stereocenters. The van der Waals surface area contributed by atoms with Crippen LogP contribution in [0.4, 0.5) is 4.79 Å². The summed E-state index contributed by atoms with van der Waals surface area (Å²) in [6.45, 7) is 0. The Morgan fingerprint density at radius 2 is 1.77 bits per heavy atom. The fraction of sp³-hybridized carbons (Fsp3) is 0. The highest BCUT2D eigenvalue weighted by molar-refractivity contribution is 6.30. The average molecular weight is 201 g/mol. The smallest absolute Gasteiger partial charge is 0.449 e. The van der Waals surface area contributed by atoms with Crippen LogP contribution < -0.4 is 0 Å². The Kier molecular flexibility index (Phi) is 2.87. The lowest BCUT2D eigenvalue weighted by molar-refractivity contribution is 0.0509. The number of ether oxygens (including phenoxy) is 1. The van der Waals surface area contributed by atoms with Gasteiger partial charge in [-0.25, -0.2) is 9.59 Å². The Morgan fingerprint density at radius 3 is 2.23 bits per heavy atom. The van der Waals surface area contributed by atoms with E-state index in [0.717, 1.165) is 0 Å². The summed E-state index contributed by atoms with van der Waals surface area (Å²) in [7, 11) is 0. The van der Waals surface area contributed by atoms with Crippen LogP contribution in [0, 0.1) is 0 Å². The molecule has 0 spiro atoms. The van der Waals surface area contributed by atoms with Gasteiger partial charge in [0.1, 0.15) is 0 Å². The number of carbonyl (C=O) groups is 2. The second-order valence-electron chi connectivity index (χ2n) is 2.16. The lowest BCUT2D eigenvalue weighted by Gasteiger charge is -1.97. The molecule has 0 saturated heterocycles. The maximum absolute atomic E-state index is 10.9. The predicted molar refractivity (Wildman–Crippen MR) is 44.9 cm³/mol. The molecule has 0 heterocycles. The maximum Gasteiger partial charge on any atom is 0.513 e. The number of rotatable bonds is 1. The molecular weight excluding hydrogens is 196 g/mol. The first-order chi connectivity index (χ1) is 6.09. The largest absolute Gasteiger partial charge is 0.513 e. The molecule has 0 radical (unpaired) electrons. The Labute approximate surface area is 78.7 Å². The molecule has 0 fully saturated rings. The molecule has 1 N–H and O–H groups in total. The third kappa shape index (κ3) is 2.76. The van der Waals surface area contributed by atoms with Crippen molar-refractivity contribution in [3.05, 3.63) is 34.9 Å². The molecule has 0 aliphatic carbocycles. The van der Waals surface area contributed by atoms with Gasteiger partial charge in [-0.2, -0.15) is 0 Å². The van der Waals surface area contributed by atoms with Gasteiger partial charge in [0.2, 0.25) is 0 Å². The first-order valence-electron chi connectivity index (χ1n) is 3.30. The van der Waals surface area contributed by atoms with Crippen LogP contribution in [0.5, 0.6) is 0 Å². The van der Waals surface area contributed by atoms with Gasteiger partial charge < -0.3 is 9.84 Å². The highest BCUT2D eigenvalue weighted by atomic mass is 35.5. The second-order valence-corrected chi connectivity index (χ2v) is 2.60. The van der Waals surface area contributed by atoms with Gasteiger partial charge in [-0.05, 0) is 24.3 Å². The number of carboxylic acid groups (broad SMARTS) is 1. The molecule has 0 aliphatic rings. The molecule has 0 amide bonds. The SMILES string of the molecule is O=C(O)OC(=O)c1ccc(Cl)cc1. The lowest BCUT2D eigenvalue weighted by Crippen LogP contribution is -2.09. The summed E-state index contributed by atoms with van der Waals surface area (Å²) < 4.78 is 3.91. The fourth-order valence-electron chi connectivity index (χ4n) is 0.724. The number of benzene rings is 1. The van der Waals surface area contributed by atoms with Crippen molar-refractivity contribution in [2.75, 3.05) is 0 Å². The van der Waals surface area contributed by atoms with Crippen molar-refractivity contribution in [1.29, 1.82) is 0 Å². The summed E-state index contributed by atoms with van der Waals surface area (Å²) >= 11 is 5.55. The zero-order valence-corrected chi connectivity index (χ0v) is 7.12. The third-order valence-corrected chi connectivity index (χ3v) is 1.51. The van der Waals surface area contributed by atoms with E-state index < -0.39 is 12.1 Å². The molecule has 1 aromatic rings. The minimum atomic E-state index is -1.63. The van der Waals surface area contributed by atoms with Crippen LogP contribution in [0.15, 0.2) is 24.3 Å². The van der Waals surface area contributed by atoms with Crippen molar-refractivity contribution in [3.63, 3.8) is 0 Å². The molecule has 0 aliphatic heterocycles. The Balaban J connectivity index is 2.78. The van der Waals surface area contributed by atoms with Gasteiger partial charge in [-0.1, -0.05) is 11.6 Å². The van der Waals surface area contributed by atoms with Crippen LogP contribution in [0.2, 0.25) is 5.02 Å². The van der Waals surface area contributed by atoms with Gasteiger partial charge >= 0.3 is 12.1 Å². The third-order valence-electron chi connectivity index (χ3n) is 1.26.